The zero-order valence-electron chi connectivity index (χ0n) is 24.1. The first kappa shape index (κ1) is 35.0. The minimum absolute atomic E-state index is 0.0374. The number of alkyl halides is 5. The molecular weight excluding hydrogens is 669 g/mol. The Morgan fingerprint density at radius 2 is 1.72 bits per heavy atom. The van der Waals surface area contributed by atoms with Gasteiger partial charge < -0.3 is 9.52 Å². The second kappa shape index (κ2) is 13.1. The summed E-state index contributed by atoms with van der Waals surface area (Å²) in [5.41, 5.74) is -2.72. The number of aliphatic carboxylic acids is 1. The summed E-state index contributed by atoms with van der Waals surface area (Å²) in [4.78, 5) is 14.4. The number of sulfonamides is 1. The fraction of sp³-hybridized carbons (Fsp3) is 0.357. The van der Waals surface area contributed by atoms with Crippen molar-refractivity contribution in [1.29, 1.82) is 0 Å². The molecule has 46 heavy (non-hydrogen) atoms. The molecule has 1 unspecified atom stereocenters. The van der Waals surface area contributed by atoms with Gasteiger partial charge in [-0.15, -0.1) is 21.5 Å². The van der Waals surface area contributed by atoms with Gasteiger partial charge >= 0.3 is 12.1 Å². The Kier molecular flexibility index (Phi) is 9.94. The maximum absolute atomic E-state index is 15.6. The van der Waals surface area contributed by atoms with Gasteiger partial charge in [0.2, 0.25) is 15.9 Å². The lowest BCUT2D eigenvalue weighted by Gasteiger charge is -2.21. The molecule has 0 aliphatic carbocycles. The summed E-state index contributed by atoms with van der Waals surface area (Å²) < 4.78 is 130. The van der Waals surface area contributed by atoms with Crippen LogP contribution in [0.15, 0.2) is 45.7 Å². The number of carboxylic acids is 1. The van der Waals surface area contributed by atoms with E-state index in [1.165, 1.54) is 30.7 Å². The molecule has 4 rings (SSSR count). The second-order valence-electron chi connectivity index (χ2n) is 10.7. The number of rotatable bonds is 12. The smallest absolute Gasteiger partial charge is 0.404 e. The van der Waals surface area contributed by atoms with Crippen LogP contribution in [0.3, 0.4) is 0 Å². The molecule has 2 aromatic carbocycles. The lowest BCUT2D eigenvalue weighted by Crippen LogP contribution is -2.45. The highest BCUT2D eigenvalue weighted by Gasteiger charge is 2.42. The van der Waals surface area contributed by atoms with E-state index in [1.807, 2.05) is 0 Å². The molecule has 4 aromatic rings. The molecule has 2 heterocycles. The number of nitrogens with zero attached hydrogens (tertiary/aromatic N) is 3. The maximum atomic E-state index is 15.6. The van der Waals surface area contributed by atoms with E-state index in [4.69, 9.17) is 4.42 Å². The molecule has 0 amide bonds. The second-order valence-corrected chi connectivity index (χ2v) is 13.4. The average molecular weight is 695 g/mol. The molecule has 0 bridgehead atoms. The van der Waals surface area contributed by atoms with E-state index in [1.54, 1.807) is 0 Å². The Morgan fingerprint density at radius 1 is 1.07 bits per heavy atom. The number of benzene rings is 2. The van der Waals surface area contributed by atoms with Gasteiger partial charge in [-0.1, -0.05) is 25.1 Å². The monoisotopic (exact) mass is 694 g/mol. The molecule has 0 spiro atoms. The summed E-state index contributed by atoms with van der Waals surface area (Å²) in [5, 5.41) is 17.0. The molecular formula is C28H25F7N4O5S2. The van der Waals surface area contributed by atoms with Crippen LogP contribution in [0.2, 0.25) is 0 Å². The lowest BCUT2D eigenvalue weighted by molar-refractivity contribution is -0.151. The normalized spacial score (nSPS) is 13.4. The van der Waals surface area contributed by atoms with Crippen molar-refractivity contribution in [3.05, 3.63) is 70.7 Å². The topological polar surface area (TPSA) is 135 Å². The molecule has 9 nitrogen and oxygen atoms in total. The van der Waals surface area contributed by atoms with E-state index in [2.05, 4.69) is 15.2 Å². The average Bonchev–Trinajstić information content (AvgIpc) is 3.58. The molecule has 0 aliphatic heterocycles. The summed E-state index contributed by atoms with van der Waals surface area (Å²) >= 11 is 0.685. The van der Waals surface area contributed by atoms with E-state index >= 15 is 4.39 Å². The van der Waals surface area contributed by atoms with Crippen LogP contribution in [0, 0.1) is 17.0 Å². The molecule has 2 aromatic heterocycles. The van der Waals surface area contributed by atoms with Crippen LogP contribution in [0.25, 0.3) is 21.3 Å². The van der Waals surface area contributed by atoms with Gasteiger partial charge in [0.15, 0.2) is 10.8 Å². The molecule has 0 aliphatic rings. The minimum Gasteiger partial charge on any atom is -0.481 e. The van der Waals surface area contributed by atoms with Gasteiger partial charge in [-0.25, -0.2) is 31.0 Å². The van der Waals surface area contributed by atoms with Crippen molar-refractivity contribution in [1.82, 2.24) is 19.9 Å². The van der Waals surface area contributed by atoms with Crippen molar-refractivity contribution in [2.75, 3.05) is 0 Å². The SMILES string of the molecule is CCC(NS(=O)(=O)c1ccc(-c2sc(-c3nnc(CC(C)(C)C(=O)O)o3)nc2Cc2ccc(F)cc2)c(C(F)F)c1F)C(F)(F)F. The first-order valence-corrected chi connectivity index (χ1v) is 15.6. The number of aromatic nitrogens is 3. The van der Waals surface area contributed by atoms with Crippen LogP contribution in [-0.2, 0) is 27.7 Å². The van der Waals surface area contributed by atoms with E-state index in [0.29, 0.717) is 23.0 Å². The van der Waals surface area contributed by atoms with Crippen LogP contribution < -0.4 is 4.72 Å². The van der Waals surface area contributed by atoms with Gasteiger partial charge in [0.05, 0.1) is 21.5 Å². The van der Waals surface area contributed by atoms with Crippen LogP contribution >= 0.6 is 11.3 Å². The number of carboxylic acid groups (broad SMARTS) is 1. The summed E-state index contributed by atoms with van der Waals surface area (Å²) in [6.07, 6.45) is -9.70. The zero-order valence-corrected chi connectivity index (χ0v) is 25.8. The minimum atomic E-state index is -5.26. The molecule has 0 fully saturated rings. The predicted octanol–water partition coefficient (Wildman–Crippen LogP) is 6.94. The fourth-order valence-electron chi connectivity index (χ4n) is 4.26. The van der Waals surface area contributed by atoms with Crippen LogP contribution in [-0.4, -0.2) is 46.9 Å². The Labute approximate surface area is 261 Å². The number of carbonyl (C=O) groups is 1. The van der Waals surface area contributed by atoms with Gasteiger partial charge in [0.1, 0.15) is 16.8 Å². The standard InChI is InChI=1S/C28H25F7N4O5S2/c1-4-18(28(33,34)35)39-46(42,43)17-10-9-15(20(21(17)30)23(31)32)22-16(11-13-5-7-14(29)8-6-13)36-25(45-22)24-38-37-19(44-24)12-27(2,3)26(40)41/h5-10,18,23,39H,4,11-12H2,1-3H3,(H,40,41). The first-order chi connectivity index (χ1) is 21.3. The van der Waals surface area contributed by atoms with E-state index < -0.39 is 74.1 Å². The Balaban J connectivity index is 1.85. The number of halogens is 7. The Hall–Kier alpha value is -3.90. The Bertz CT molecular complexity index is 1840. The van der Waals surface area contributed by atoms with Gasteiger partial charge in [-0.2, -0.15) is 17.9 Å². The highest BCUT2D eigenvalue weighted by Crippen LogP contribution is 2.43. The van der Waals surface area contributed by atoms with Gasteiger partial charge in [0, 0.05) is 18.4 Å². The summed E-state index contributed by atoms with van der Waals surface area (Å²) in [6.45, 7) is 3.88. The molecule has 18 heteroatoms. The third-order valence-electron chi connectivity index (χ3n) is 6.80. The summed E-state index contributed by atoms with van der Waals surface area (Å²) in [6, 6.07) is 3.85. The third kappa shape index (κ3) is 7.55. The molecule has 1 atom stereocenters. The van der Waals surface area contributed by atoms with Crippen LogP contribution in [0.4, 0.5) is 30.7 Å². The van der Waals surface area contributed by atoms with Crippen molar-refractivity contribution in [3.8, 4) is 21.3 Å². The van der Waals surface area contributed by atoms with Gasteiger partial charge in [-0.3, -0.25) is 4.79 Å². The maximum Gasteiger partial charge on any atom is 0.404 e. The van der Waals surface area contributed by atoms with E-state index in [0.717, 1.165) is 25.1 Å². The molecule has 0 saturated carbocycles. The number of thiazole rings is 1. The van der Waals surface area contributed by atoms with Gasteiger partial charge in [0.25, 0.3) is 12.3 Å². The van der Waals surface area contributed by atoms with E-state index in [9.17, 15) is 44.7 Å². The van der Waals surface area contributed by atoms with Crippen molar-refractivity contribution >= 4 is 27.3 Å². The summed E-state index contributed by atoms with van der Waals surface area (Å²) in [5.74, 6) is -3.97. The van der Waals surface area contributed by atoms with E-state index in [-0.39, 0.29) is 40.2 Å². The van der Waals surface area contributed by atoms with Crippen molar-refractivity contribution < 1.29 is 53.5 Å². The quantitative estimate of drug-likeness (QED) is 0.152. The highest BCUT2D eigenvalue weighted by molar-refractivity contribution is 7.89. The zero-order chi connectivity index (χ0) is 34.2. The number of nitrogens with one attached hydrogen (secondary N) is 1. The lowest BCUT2D eigenvalue weighted by atomic mass is 9.90. The fourth-order valence-corrected chi connectivity index (χ4v) is 6.70. The largest absolute Gasteiger partial charge is 0.481 e. The Morgan fingerprint density at radius 3 is 2.28 bits per heavy atom. The molecule has 2 N–H and O–H groups in total. The van der Waals surface area contributed by atoms with Crippen LogP contribution in [0.1, 0.15) is 56.3 Å². The van der Waals surface area contributed by atoms with Crippen molar-refractivity contribution in [2.24, 2.45) is 5.41 Å². The van der Waals surface area contributed by atoms with Crippen LogP contribution in [0.5, 0.6) is 0 Å². The molecule has 0 radical (unpaired) electrons. The van der Waals surface area contributed by atoms with Crippen molar-refractivity contribution in [2.45, 2.75) is 63.6 Å². The molecule has 248 valence electrons. The highest BCUT2D eigenvalue weighted by atomic mass is 32.2. The third-order valence-corrected chi connectivity index (χ3v) is 9.41. The van der Waals surface area contributed by atoms with Gasteiger partial charge in [-0.05, 0) is 44.0 Å². The summed E-state index contributed by atoms with van der Waals surface area (Å²) in [7, 11) is -5.26. The predicted molar refractivity (Wildman–Crippen MR) is 151 cm³/mol. The van der Waals surface area contributed by atoms with Crippen molar-refractivity contribution in [3.63, 3.8) is 0 Å². The number of hydrogen-bond acceptors (Lipinski definition) is 8. The number of hydrogen-bond donors (Lipinski definition) is 2. The molecule has 0 saturated heterocycles. The first-order valence-electron chi connectivity index (χ1n) is 13.3.